The van der Waals surface area contributed by atoms with Crippen LogP contribution < -0.4 is 4.74 Å². The minimum Gasteiger partial charge on any atom is -0.495 e. The predicted octanol–water partition coefficient (Wildman–Crippen LogP) is 2.17. The van der Waals surface area contributed by atoms with Crippen LogP contribution in [-0.4, -0.2) is 20.2 Å². The minimum atomic E-state index is -0.581. The third-order valence-electron chi connectivity index (χ3n) is 2.19. The van der Waals surface area contributed by atoms with Crippen LogP contribution >= 0.6 is 0 Å². The van der Waals surface area contributed by atoms with Gasteiger partial charge >= 0.3 is 5.97 Å². The summed E-state index contributed by atoms with van der Waals surface area (Å²) in [5.41, 5.74) is 2.51. The van der Waals surface area contributed by atoms with Gasteiger partial charge < -0.3 is 9.47 Å². The fraction of sp³-hybridized carbons (Fsp3) is 0.214. The lowest BCUT2D eigenvalue weighted by Crippen LogP contribution is -1.97. The number of carbonyl (C=O) groups excluding carboxylic acids is 1. The molecule has 0 spiro atoms. The molecule has 17 heavy (non-hydrogen) atoms. The van der Waals surface area contributed by atoms with Gasteiger partial charge in [-0.2, -0.15) is 0 Å². The van der Waals surface area contributed by atoms with E-state index < -0.39 is 5.97 Å². The Balaban J connectivity index is 3.32. The lowest BCUT2D eigenvalue weighted by molar-refractivity contribution is -0.133. The molecule has 0 bridgehead atoms. The summed E-state index contributed by atoms with van der Waals surface area (Å²) in [5, 5.41) is 0. The number of aryl methyl sites for hydroxylation is 1. The molecule has 3 heteroatoms. The standard InChI is InChI=1S/C14H14O3/c1-5-11-8-10(2)9-13(16-3)12(11)6-7-14(15)17-4/h5,8-9H,1H2,2-4H3. The summed E-state index contributed by atoms with van der Waals surface area (Å²) in [6, 6.07) is 3.78. The van der Waals surface area contributed by atoms with Crippen LogP contribution in [-0.2, 0) is 9.53 Å². The van der Waals surface area contributed by atoms with Gasteiger partial charge in [-0.3, -0.25) is 0 Å². The van der Waals surface area contributed by atoms with E-state index >= 15 is 0 Å². The van der Waals surface area contributed by atoms with Gasteiger partial charge in [0.25, 0.3) is 0 Å². The maximum absolute atomic E-state index is 11.0. The number of esters is 1. The Kier molecular flexibility index (Phi) is 4.36. The van der Waals surface area contributed by atoms with E-state index in [1.807, 2.05) is 19.1 Å². The summed E-state index contributed by atoms with van der Waals surface area (Å²) in [6.07, 6.45) is 1.68. The molecule has 0 fully saturated rings. The van der Waals surface area contributed by atoms with E-state index in [1.54, 1.807) is 13.2 Å². The fourth-order valence-electron chi connectivity index (χ4n) is 1.40. The Morgan fingerprint density at radius 1 is 1.41 bits per heavy atom. The molecule has 0 saturated heterocycles. The molecule has 1 aromatic rings. The van der Waals surface area contributed by atoms with Gasteiger partial charge in [0.2, 0.25) is 0 Å². The first kappa shape index (κ1) is 12.9. The number of benzene rings is 1. The van der Waals surface area contributed by atoms with Crippen molar-refractivity contribution in [3.63, 3.8) is 0 Å². The van der Waals surface area contributed by atoms with Crippen LogP contribution in [0.1, 0.15) is 16.7 Å². The maximum atomic E-state index is 11.0. The Bertz CT molecular complexity index is 504. The highest BCUT2D eigenvalue weighted by atomic mass is 16.5. The van der Waals surface area contributed by atoms with Gasteiger partial charge in [-0.15, -0.1) is 0 Å². The van der Waals surface area contributed by atoms with Crippen LogP contribution in [0.4, 0.5) is 0 Å². The first-order valence-corrected chi connectivity index (χ1v) is 5.03. The number of hydrogen-bond acceptors (Lipinski definition) is 3. The number of rotatable bonds is 2. The average Bonchev–Trinajstić information content (AvgIpc) is 2.35. The molecule has 0 aliphatic carbocycles. The van der Waals surface area contributed by atoms with Crippen molar-refractivity contribution < 1.29 is 14.3 Å². The molecule has 0 amide bonds. The highest BCUT2D eigenvalue weighted by Crippen LogP contribution is 2.24. The molecule has 1 aromatic carbocycles. The second-order valence-electron chi connectivity index (χ2n) is 3.38. The van der Waals surface area contributed by atoms with Crippen LogP contribution in [0.2, 0.25) is 0 Å². The monoisotopic (exact) mass is 230 g/mol. The van der Waals surface area contributed by atoms with Crippen LogP contribution in [0.5, 0.6) is 5.75 Å². The van der Waals surface area contributed by atoms with Crippen molar-refractivity contribution in [1.29, 1.82) is 0 Å². The molecule has 0 aliphatic rings. The first-order valence-electron chi connectivity index (χ1n) is 5.03. The molecule has 0 saturated carbocycles. The Hall–Kier alpha value is -2.21. The predicted molar refractivity (Wildman–Crippen MR) is 66.7 cm³/mol. The van der Waals surface area contributed by atoms with Crippen molar-refractivity contribution in [1.82, 2.24) is 0 Å². The number of hydrogen-bond donors (Lipinski definition) is 0. The Morgan fingerprint density at radius 2 is 2.12 bits per heavy atom. The van der Waals surface area contributed by atoms with Crippen molar-refractivity contribution >= 4 is 12.0 Å². The van der Waals surface area contributed by atoms with Crippen LogP contribution in [0, 0.1) is 18.8 Å². The normalized spacial score (nSPS) is 8.88. The van der Waals surface area contributed by atoms with Crippen molar-refractivity contribution in [2.75, 3.05) is 14.2 Å². The van der Waals surface area contributed by atoms with Crippen LogP contribution in [0.3, 0.4) is 0 Å². The van der Waals surface area contributed by atoms with Crippen molar-refractivity contribution in [2.45, 2.75) is 6.92 Å². The SMILES string of the molecule is C=Cc1cc(C)cc(OC)c1C#CC(=O)OC. The lowest BCUT2D eigenvalue weighted by atomic mass is 10.0. The molecule has 0 radical (unpaired) electrons. The third-order valence-corrected chi connectivity index (χ3v) is 2.19. The molecular formula is C14H14O3. The summed E-state index contributed by atoms with van der Waals surface area (Å²) in [6.45, 7) is 5.67. The molecule has 0 aromatic heterocycles. The topological polar surface area (TPSA) is 35.5 Å². The van der Waals surface area contributed by atoms with Gasteiger partial charge in [0.15, 0.2) is 0 Å². The van der Waals surface area contributed by atoms with Crippen LogP contribution in [0.25, 0.3) is 6.08 Å². The van der Waals surface area contributed by atoms with Crippen molar-refractivity contribution in [2.24, 2.45) is 0 Å². The van der Waals surface area contributed by atoms with E-state index in [4.69, 9.17) is 4.74 Å². The quantitative estimate of drug-likeness (QED) is 0.577. The Labute approximate surface area is 101 Å². The molecule has 0 atom stereocenters. The van der Waals surface area contributed by atoms with E-state index in [2.05, 4.69) is 23.2 Å². The van der Waals surface area contributed by atoms with Gasteiger partial charge in [0.05, 0.1) is 19.8 Å². The zero-order valence-electron chi connectivity index (χ0n) is 10.2. The Morgan fingerprint density at radius 3 is 2.65 bits per heavy atom. The molecule has 1 rings (SSSR count). The second-order valence-corrected chi connectivity index (χ2v) is 3.38. The summed E-state index contributed by atoms with van der Waals surface area (Å²) < 4.78 is 9.70. The third kappa shape index (κ3) is 3.12. The highest BCUT2D eigenvalue weighted by molar-refractivity contribution is 5.89. The van der Waals surface area contributed by atoms with Gasteiger partial charge in [0.1, 0.15) is 5.75 Å². The van der Waals surface area contributed by atoms with Gasteiger partial charge in [-0.1, -0.05) is 24.6 Å². The minimum absolute atomic E-state index is 0.581. The van der Waals surface area contributed by atoms with Crippen LogP contribution in [0.15, 0.2) is 18.7 Å². The first-order chi connectivity index (χ1) is 8.12. The molecule has 0 unspecified atom stereocenters. The molecule has 0 heterocycles. The number of methoxy groups -OCH3 is 2. The van der Waals surface area contributed by atoms with Gasteiger partial charge in [0, 0.05) is 5.92 Å². The summed E-state index contributed by atoms with van der Waals surface area (Å²) in [5.74, 6) is 5.16. The average molecular weight is 230 g/mol. The zero-order valence-corrected chi connectivity index (χ0v) is 10.2. The number of carbonyl (C=O) groups is 1. The largest absolute Gasteiger partial charge is 0.495 e. The van der Waals surface area contributed by atoms with E-state index in [0.717, 1.165) is 11.1 Å². The molecular weight excluding hydrogens is 216 g/mol. The molecule has 3 nitrogen and oxygen atoms in total. The summed E-state index contributed by atoms with van der Waals surface area (Å²) >= 11 is 0. The molecule has 0 aliphatic heterocycles. The van der Waals surface area contributed by atoms with Gasteiger partial charge in [-0.05, 0) is 24.1 Å². The van der Waals surface area contributed by atoms with E-state index in [1.165, 1.54) is 7.11 Å². The second kappa shape index (κ2) is 5.76. The number of ether oxygens (including phenoxy) is 2. The summed E-state index contributed by atoms with van der Waals surface area (Å²) in [7, 11) is 2.85. The van der Waals surface area contributed by atoms with Crippen molar-refractivity contribution in [3.05, 3.63) is 35.4 Å². The van der Waals surface area contributed by atoms with E-state index in [0.29, 0.717) is 11.3 Å². The van der Waals surface area contributed by atoms with Crippen molar-refractivity contribution in [3.8, 4) is 17.6 Å². The highest BCUT2D eigenvalue weighted by Gasteiger charge is 2.06. The fourth-order valence-corrected chi connectivity index (χ4v) is 1.40. The zero-order chi connectivity index (χ0) is 12.8. The molecule has 88 valence electrons. The maximum Gasteiger partial charge on any atom is 0.384 e. The summed E-state index contributed by atoms with van der Waals surface area (Å²) in [4.78, 5) is 11.0. The molecule has 0 N–H and O–H groups in total. The lowest BCUT2D eigenvalue weighted by Gasteiger charge is -2.08. The smallest absolute Gasteiger partial charge is 0.384 e. The van der Waals surface area contributed by atoms with E-state index in [9.17, 15) is 4.79 Å². The van der Waals surface area contributed by atoms with E-state index in [-0.39, 0.29) is 0 Å². The van der Waals surface area contributed by atoms with Gasteiger partial charge in [-0.25, -0.2) is 4.79 Å².